The number of aryl methyl sites for hydroxylation is 1. The van der Waals surface area contributed by atoms with E-state index in [1.165, 1.54) is 57.8 Å². The van der Waals surface area contributed by atoms with Crippen LogP contribution in [0.15, 0.2) is 0 Å². The molecule has 7 nitrogen and oxygen atoms in total. The number of ether oxygens (including phenoxy) is 1. The van der Waals surface area contributed by atoms with E-state index < -0.39 is 5.60 Å². The van der Waals surface area contributed by atoms with Gasteiger partial charge in [0.1, 0.15) is 5.02 Å². The van der Waals surface area contributed by atoms with Crippen molar-refractivity contribution in [1.82, 2.24) is 25.1 Å². The standard InChI is InChI=1S/C27H44ClN5O2/c1-4-6-7-8-9-10-11-12-13-14-19-35-27(5-2)25(34)30-26(27)17-15-21(16-18-26)23-29-24-22(28)20(3)31-33(24)32-23/h21,31H,4-19H2,1-3H3,(H,30,34). The Labute approximate surface area is 215 Å². The zero-order valence-corrected chi connectivity index (χ0v) is 22.7. The summed E-state index contributed by atoms with van der Waals surface area (Å²) in [7, 11) is 0. The molecule has 1 aliphatic carbocycles. The lowest BCUT2D eigenvalue weighted by Gasteiger charge is -2.60. The van der Waals surface area contributed by atoms with Gasteiger partial charge in [-0.3, -0.25) is 9.89 Å². The number of unbranched alkanes of at least 4 members (excludes halogenated alkanes) is 9. The first kappa shape index (κ1) is 26.5. The Kier molecular flexibility index (Phi) is 8.80. The molecule has 1 aliphatic heterocycles. The number of fused-ring (bicyclic) bond motifs is 1. The van der Waals surface area contributed by atoms with Gasteiger partial charge in [0.05, 0.1) is 11.2 Å². The van der Waals surface area contributed by atoms with E-state index in [9.17, 15) is 4.79 Å². The molecule has 196 valence electrons. The summed E-state index contributed by atoms with van der Waals surface area (Å²) in [5, 5.41) is 11.7. The Morgan fingerprint density at radius 3 is 2.23 bits per heavy atom. The van der Waals surface area contributed by atoms with Gasteiger partial charge in [-0.05, 0) is 45.4 Å². The van der Waals surface area contributed by atoms with Crippen LogP contribution in [0.5, 0.6) is 0 Å². The fourth-order valence-electron chi connectivity index (χ4n) is 6.21. The second-order valence-corrected chi connectivity index (χ2v) is 11.2. The number of hydrogen-bond donors (Lipinski definition) is 2. The lowest BCUT2D eigenvalue weighted by Crippen LogP contribution is -2.82. The van der Waals surface area contributed by atoms with Gasteiger partial charge in [0.15, 0.2) is 17.1 Å². The molecule has 0 radical (unpaired) electrons. The predicted octanol–water partition coefficient (Wildman–Crippen LogP) is 6.63. The Bertz CT molecular complexity index is 978. The summed E-state index contributed by atoms with van der Waals surface area (Å²) >= 11 is 6.34. The molecule has 4 rings (SSSR count). The average molecular weight is 506 g/mol. The summed E-state index contributed by atoms with van der Waals surface area (Å²) in [6.45, 7) is 6.95. The first-order valence-corrected chi connectivity index (χ1v) is 14.4. The minimum absolute atomic E-state index is 0.0706. The lowest BCUT2D eigenvalue weighted by atomic mass is 9.60. The molecule has 0 aromatic carbocycles. The van der Waals surface area contributed by atoms with Crippen molar-refractivity contribution in [3.63, 3.8) is 0 Å². The van der Waals surface area contributed by atoms with E-state index in [2.05, 4.69) is 29.4 Å². The number of nitrogens with zero attached hydrogens (tertiary/aromatic N) is 3. The van der Waals surface area contributed by atoms with Gasteiger partial charge in [0.25, 0.3) is 5.91 Å². The third-order valence-electron chi connectivity index (χ3n) is 8.46. The second kappa shape index (κ2) is 11.6. The van der Waals surface area contributed by atoms with Crippen LogP contribution in [0.4, 0.5) is 0 Å². The van der Waals surface area contributed by atoms with Crippen LogP contribution in [0.25, 0.3) is 5.65 Å². The fourth-order valence-corrected chi connectivity index (χ4v) is 6.37. The van der Waals surface area contributed by atoms with E-state index in [0.717, 1.165) is 50.0 Å². The van der Waals surface area contributed by atoms with Gasteiger partial charge in [0, 0.05) is 12.5 Å². The Balaban J connectivity index is 1.22. The van der Waals surface area contributed by atoms with Crippen LogP contribution in [0.2, 0.25) is 5.02 Å². The molecule has 1 amide bonds. The largest absolute Gasteiger partial charge is 0.363 e. The zero-order chi connectivity index (χ0) is 24.9. The van der Waals surface area contributed by atoms with Crippen molar-refractivity contribution in [2.24, 2.45) is 0 Å². The number of aromatic amines is 1. The zero-order valence-electron chi connectivity index (χ0n) is 21.9. The predicted molar refractivity (Wildman–Crippen MR) is 140 cm³/mol. The first-order valence-electron chi connectivity index (χ1n) is 14.0. The number of rotatable bonds is 14. The molecule has 2 N–H and O–H groups in total. The van der Waals surface area contributed by atoms with Crippen molar-refractivity contribution in [3.8, 4) is 0 Å². The van der Waals surface area contributed by atoms with Crippen LogP contribution >= 0.6 is 11.6 Å². The monoisotopic (exact) mass is 505 g/mol. The first-order chi connectivity index (χ1) is 17.0. The summed E-state index contributed by atoms with van der Waals surface area (Å²) in [5.41, 5.74) is 0.646. The molecule has 8 heteroatoms. The number of halogens is 1. The number of H-pyrrole nitrogens is 1. The minimum atomic E-state index is -0.675. The minimum Gasteiger partial charge on any atom is -0.363 e. The summed E-state index contributed by atoms with van der Waals surface area (Å²) in [5.74, 6) is 1.19. The van der Waals surface area contributed by atoms with E-state index >= 15 is 0 Å². The Hall–Kier alpha value is -1.60. The molecule has 1 atom stereocenters. The SMILES string of the molecule is CCCCCCCCCCCCOC1(CC)C(=O)NC12CCC(c1nc3c(Cl)c(C)[nH]n3n1)CC2. The molecule has 2 aromatic heterocycles. The van der Waals surface area contributed by atoms with E-state index in [4.69, 9.17) is 21.3 Å². The van der Waals surface area contributed by atoms with Gasteiger partial charge in [-0.25, -0.2) is 4.98 Å². The van der Waals surface area contributed by atoms with Crippen molar-refractivity contribution in [2.45, 2.75) is 134 Å². The molecule has 1 unspecified atom stereocenters. The highest BCUT2D eigenvalue weighted by Crippen LogP contribution is 2.50. The number of hydrogen-bond acceptors (Lipinski definition) is 4. The molecule has 2 aliphatic rings. The number of aromatic nitrogens is 4. The van der Waals surface area contributed by atoms with Gasteiger partial charge in [-0.15, -0.1) is 5.10 Å². The maximum atomic E-state index is 12.8. The Morgan fingerprint density at radius 2 is 1.66 bits per heavy atom. The summed E-state index contributed by atoms with van der Waals surface area (Å²) < 4.78 is 8.10. The molecule has 35 heavy (non-hydrogen) atoms. The van der Waals surface area contributed by atoms with Crippen LogP contribution in [0, 0.1) is 6.92 Å². The van der Waals surface area contributed by atoms with Crippen molar-refractivity contribution in [2.75, 3.05) is 6.61 Å². The molecule has 0 bridgehead atoms. The van der Waals surface area contributed by atoms with Crippen LogP contribution in [-0.2, 0) is 9.53 Å². The van der Waals surface area contributed by atoms with Gasteiger partial charge < -0.3 is 10.1 Å². The van der Waals surface area contributed by atoms with Crippen molar-refractivity contribution >= 4 is 23.2 Å². The van der Waals surface area contributed by atoms with Crippen molar-refractivity contribution < 1.29 is 9.53 Å². The van der Waals surface area contributed by atoms with Gasteiger partial charge >= 0.3 is 0 Å². The molecule has 3 heterocycles. The highest BCUT2D eigenvalue weighted by molar-refractivity contribution is 6.34. The second-order valence-electron chi connectivity index (χ2n) is 10.8. The molecule has 1 saturated carbocycles. The third kappa shape index (κ3) is 5.27. The summed E-state index contributed by atoms with van der Waals surface area (Å²) in [6.07, 6.45) is 17.4. The van der Waals surface area contributed by atoms with Crippen LogP contribution in [0.3, 0.4) is 0 Å². The quantitative estimate of drug-likeness (QED) is 0.223. The van der Waals surface area contributed by atoms with Crippen LogP contribution < -0.4 is 5.32 Å². The maximum Gasteiger partial charge on any atom is 0.255 e. The van der Waals surface area contributed by atoms with E-state index in [1.807, 2.05) is 6.92 Å². The number of β-lactam (4-membered cyclic amide) rings is 1. The molecule has 1 spiro atoms. The molecule has 2 aromatic rings. The smallest absolute Gasteiger partial charge is 0.255 e. The van der Waals surface area contributed by atoms with Gasteiger partial charge in [-0.2, -0.15) is 4.63 Å². The number of amides is 1. The van der Waals surface area contributed by atoms with Gasteiger partial charge in [-0.1, -0.05) is 83.2 Å². The normalized spacial score (nSPS) is 26.4. The molecule has 1 saturated heterocycles. The molecule has 2 fully saturated rings. The molecular weight excluding hydrogens is 462 g/mol. The van der Waals surface area contributed by atoms with Crippen molar-refractivity contribution in [1.29, 1.82) is 0 Å². The third-order valence-corrected chi connectivity index (χ3v) is 8.92. The fraction of sp³-hybridized carbons (Fsp3) is 0.815. The Morgan fingerprint density at radius 1 is 1.03 bits per heavy atom. The van der Waals surface area contributed by atoms with E-state index in [-0.39, 0.29) is 17.4 Å². The number of carbonyl (C=O) groups is 1. The topological polar surface area (TPSA) is 84.3 Å². The highest BCUT2D eigenvalue weighted by atomic mass is 35.5. The maximum absolute atomic E-state index is 12.8. The number of carbonyl (C=O) groups excluding carboxylic acids is 1. The van der Waals surface area contributed by atoms with Crippen molar-refractivity contribution in [3.05, 3.63) is 16.5 Å². The molecular formula is C27H44ClN5O2. The lowest BCUT2D eigenvalue weighted by molar-refractivity contribution is -0.198. The summed E-state index contributed by atoms with van der Waals surface area (Å²) in [6, 6.07) is 0. The van der Waals surface area contributed by atoms with E-state index in [1.54, 1.807) is 4.63 Å². The summed E-state index contributed by atoms with van der Waals surface area (Å²) in [4.78, 5) is 17.5. The van der Waals surface area contributed by atoms with E-state index in [0.29, 0.717) is 17.3 Å². The average Bonchev–Trinajstić information content (AvgIpc) is 3.38. The van der Waals surface area contributed by atoms with Gasteiger partial charge in [0.2, 0.25) is 0 Å². The van der Waals surface area contributed by atoms with Crippen LogP contribution in [-0.4, -0.2) is 43.5 Å². The number of nitrogens with one attached hydrogen (secondary N) is 2. The highest BCUT2D eigenvalue weighted by Gasteiger charge is 2.66. The van der Waals surface area contributed by atoms with Crippen LogP contribution in [0.1, 0.15) is 128 Å².